The maximum atomic E-state index is 10.3. The maximum Gasteiger partial charge on any atom is 0.168 e. The molecule has 3 aromatic rings. The Balaban J connectivity index is 1.78. The van der Waals surface area contributed by atoms with Gasteiger partial charge in [-0.3, -0.25) is 4.57 Å². The van der Waals surface area contributed by atoms with Crippen molar-refractivity contribution in [3.63, 3.8) is 0 Å². The molecule has 3 heterocycles. The number of hydrogen-bond acceptors (Lipinski definition) is 9. The zero-order valence-corrected chi connectivity index (χ0v) is 14.4. The topological polar surface area (TPSA) is 149 Å². The third-order valence-corrected chi connectivity index (χ3v) is 4.59. The van der Waals surface area contributed by atoms with Gasteiger partial charge in [-0.25, -0.2) is 15.0 Å². The first-order chi connectivity index (χ1) is 13.0. The number of fused-ring (bicyclic) bond motifs is 1. The van der Waals surface area contributed by atoms with Crippen LogP contribution in [0.3, 0.4) is 0 Å². The Bertz CT molecular complexity index is 960. The van der Waals surface area contributed by atoms with Crippen molar-refractivity contribution < 1.29 is 24.8 Å². The van der Waals surface area contributed by atoms with Crippen molar-refractivity contribution in [2.24, 2.45) is 0 Å². The molecular weight excluding hydrogens is 354 g/mol. The van der Waals surface area contributed by atoms with Crippen LogP contribution in [0.15, 0.2) is 30.6 Å². The van der Waals surface area contributed by atoms with Gasteiger partial charge in [-0.05, 0) is 24.3 Å². The minimum Gasteiger partial charge on any atom is -0.497 e. The number of rotatable bonds is 4. The van der Waals surface area contributed by atoms with Crippen molar-refractivity contribution in [1.29, 1.82) is 0 Å². The number of methoxy groups -OCH3 is 1. The summed E-state index contributed by atoms with van der Waals surface area (Å²) >= 11 is 0. The van der Waals surface area contributed by atoms with Crippen LogP contribution in [0.25, 0.3) is 22.6 Å². The first kappa shape index (κ1) is 17.6. The fourth-order valence-electron chi connectivity index (χ4n) is 3.10. The average Bonchev–Trinajstić information content (AvgIpc) is 3.23. The van der Waals surface area contributed by atoms with Crippen molar-refractivity contribution in [2.75, 3.05) is 19.5 Å². The van der Waals surface area contributed by atoms with Gasteiger partial charge in [0.25, 0.3) is 0 Å². The SMILES string of the molecule is COc1ccc(-c2nc(N)c3ncn([C@@H]4O[C@@H](CO)[C@@H](O)[C@H]4O)c3n2)cc1. The predicted octanol–water partition coefficient (Wildman–Crippen LogP) is -0.304. The van der Waals surface area contributed by atoms with Crippen molar-refractivity contribution in [2.45, 2.75) is 24.5 Å². The molecule has 1 aromatic carbocycles. The summed E-state index contributed by atoms with van der Waals surface area (Å²) in [7, 11) is 1.58. The van der Waals surface area contributed by atoms with E-state index >= 15 is 0 Å². The summed E-state index contributed by atoms with van der Waals surface area (Å²) in [6, 6.07) is 7.16. The number of aromatic nitrogens is 4. The van der Waals surface area contributed by atoms with Gasteiger partial charge < -0.3 is 30.5 Å². The highest BCUT2D eigenvalue weighted by Crippen LogP contribution is 2.32. The average molecular weight is 373 g/mol. The van der Waals surface area contributed by atoms with Gasteiger partial charge in [0.2, 0.25) is 0 Å². The van der Waals surface area contributed by atoms with Gasteiger partial charge in [0.1, 0.15) is 29.6 Å². The van der Waals surface area contributed by atoms with E-state index in [2.05, 4.69) is 15.0 Å². The van der Waals surface area contributed by atoms with E-state index in [1.165, 1.54) is 10.9 Å². The number of nitrogens with two attached hydrogens (primary N) is 1. The first-order valence-electron chi connectivity index (χ1n) is 8.30. The lowest BCUT2D eigenvalue weighted by Gasteiger charge is -2.16. The largest absolute Gasteiger partial charge is 0.497 e. The second-order valence-electron chi connectivity index (χ2n) is 6.21. The van der Waals surface area contributed by atoms with Crippen LogP contribution in [0, 0.1) is 0 Å². The summed E-state index contributed by atoms with van der Waals surface area (Å²) in [5.74, 6) is 1.25. The van der Waals surface area contributed by atoms with Gasteiger partial charge in [0, 0.05) is 5.56 Å². The quantitative estimate of drug-likeness (QED) is 0.483. The fraction of sp³-hybridized carbons (Fsp3) is 0.353. The van der Waals surface area contributed by atoms with E-state index in [4.69, 9.17) is 15.2 Å². The number of nitrogens with zero attached hydrogens (tertiary/aromatic N) is 4. The molecule has 1 aliphatic rings. The molecule has 0 saturated carbocycles. The number of ether oxygens (including phenoxy) is 2. The highest BCUT2D eigenvalue weighted by atomic mass is 16.6. The molecule has 0 bridgehead atoms. The van der Waals surface area contributed by atoms with Crippen molar-refractivity contribution in [1.82, 2.24) is 19.5 Å². The van der Waals surface area contributed by atoms with Crippen molar-refractivity contribution in [3.8, 4) is 17.1 Å². The molecule has 10 heteroatoms. The van der Waals surface area contributed by atoms with Crippen molar-refractivity contribution >= 4 is 17.0 Å². The van der Waals surface area contributed by atoms with Crippen LogP contribution in [0.4, 0.5) is 5.82 Å². The molecule has 142 valence electrons. The molecule has 1 saturated heterocycles. The van der Waals surface area contributed by atoms with Gasteiger partial charge in [0.15, 0.2) is 23.5 Å². The Kier molecular flexibility index (Phi) is 4.40. The van der Waals surface area contributed by atoms with Crippen molar-refractivity contribution in [3.05, 3.63) is 30.6 Å². The monoisotopic (exact) mass is 373 g/mol. The minimum atomic E-state index is -1.25. The molecule has 10 nitrogen and oxygen atoms in total. The van der Waals surface area contributed by atoms with Gasteiger partial charge in [-0.2, -0.15) is 0 Å². The van der Waals surface area contributed by atoms with Crippen LogP contribution in [0.5, 0.6) is 5.75 Å². The van der Waals surface area contributed by atoms with Crippen LogP contribution < -0.4 is 10.5 Å². The highest BCUT2D eigenvalue weighted by Gasteiger charge is 2.44. The summed E-state index contributed by atoms with van der Waals surface area (Å²) < 4.78 is 12.2. The molecule has 0 amide bonds. The summed E-state index contributed by atoms with van der Waals surface area (Å²) in [6.07, 6.45) is -2.92. The highest BCUT2D eigenvalue weighted by molar-refractivity contribution is 5.83. The Labute approximate surface area is 153 Å². The van der Waals surface area contributed by atoms with Gasteiger partial charge in [-0.15, -0.1) is 0 Å². The lowest BCUT2D eigenvalue weighted by Crippen LogP contribution is -2.33. The van der Waals surface area contributed by atoms with E-state index in [-0.39, 0.29) is 5.82 Å². The van der Waals surface area contributed by atoms with Crippen LogP contribution in [-0.2, 0) is 4.74 Å². The summed E-state index contributed by atoms with van der Waals surface area (Å²) in [6.45, 7) is -0.421. The first-order valence-corrected chi connectivity index (χ1v) is 8.30. The molecular formula is C17H19N5O5. The zero-order chi connectivity index (χ0) is 19.1. The number of aliphatic hydroxyl groups is 3. The smallest absolute Gasteiger partial charge is 0.168 e. The van der Waals surface area contributed by atoms with E-state index < -0.39 is 31.1 Å². The van der Waals surface area contributed by atoms with Gasteiger partial charge >= 0.3 is 0 Å². The fourth-order valence-corrected chi connectivity index (χ4v) is 3.10. The standard InChI is InChI=1S/C17H19N5O5/c1-26-9-4-2-8(3-5-9)15-20-14(18)11-16(21-15)22(7-19-11)17-13(25)12(24)10(6-23)27-17/h2-5,7,10,12-13,17,23-25H,6H2,1H3,(H2,18,20,21)/t10-,12+,13+,17+/m0/s1. The van der Waals surface area contributed by atoms with E-state index in [0.29, 0.717) is 22.7 Å². The molecule has 27 heavy (non-hydrogen) atoms. The van der Waals surface area contributed by atoms with Crippen LogP contribution >= 0.6 is 0 Å². The number of anilines is 1. The lowest BCUT2D eigenvalue weighted by molar-refractivity contribution is -0.0511. The van der Waals surface area contributed by atoms with Gasteiger partial charge in [-0.1, -0.05) is 0 Å². The Morgan fingerprint density at radius 3 is 2.56 bits per heavy atom. The number of nitrogen functional groups attached to an aromatic ring is 1. The lowest BCUT2D eigenvalue weighted by atomic mass is 10.1. The zero-order valence-electron chi connectivity index (χ0n) is 14.4. The molecule has 1 fully saturated rings. The van der Waals surface area contributed by atoms with Crippen LogP contribution in [0.2, 0.25) is 0 Å². The van der Waals surface area contributed by atoms with E-state index in [1.54, 1.807) is 31.4 Å². The molecule has 4 rings (SSSR count). The second-order valence-corrected chi connectivity index (χ2v) is 6.21. The number of aliphatic hydroxyl groups excluding tert-OH is 3. The number of benzene rings is 1. The van der Waals surface area contributed by atoms with E-state index in [1.807, 2.05) is 0 Å². The maximum absolute atomic E-state index is 10.3. The summed E-state index contributed by atoms with van der Waals surface area (Å²) in [5, 5.41) is 29.6. The molecule has 0 spiro atoms. The third kappa shape index (κ3) is 2.88. The number of imidazole rings is 1. The van der Waals surface area contributed by atoms with Crippen LogP contribution in [0.1, 0.15) is 6.23 Å². The normalized spacial score (nSPS) is 25.2. The molecule has 4 atom stereocenters. The Morgan fingerprint density at radius 1 is 1.19 bits per heavy atom. The molecule has 2 aromatic heterocycles. The predicted molar refractivity (Wildman–Crippen MR) is 94.7 cm³/mol. The Hall–Kier alpha value is -2.79. The summed E-state index contributed by atoms with van der Waals surface area (Å²) in [5.41, 5.74) is 7.46. The molecule has 0 radical (unpaired) electrons. The van der Waals surface area contributed by atoms with Gasteiger partial charge in [0.05, 0.1) is 20.0 Å². The van der Waals surface area contributed by atoms with E-state index in [0.717, 1.165) is 5.56 Å². The molecule has 0 aliphatic carbocycles. The molecule has 5 N–H and O–H groups in total. The van der Waals surface area contributed by atoms with E-state index in [9.17, 15) is 15.3 Å². The molecule has 0 unspecified atom stereocenters. The summed E-state index contributed by atoms with van der Waals surface area (Å²) in [4.78, 5) is 13.0. The minimum absolute atomic E-state index is 0.177. The second kappa shape index (κ2) is 6.74. The third-order valence-electron chi connectivity index (χ3n) is 4.59. The Morgan fingerprint density at radius 2 is 1.93 bits per heavy atom. The molecule has 1 aliphatic heterocycles. The van der Waals surface area contributed by atoms with Crippen LogP contribution in [-0.4, -0.2) is 66.9 Å². The number of hydrogen-bond donors (Lipinski definition) is 4.